The highest BCUT2D eigenvalue weighted by molar-refractivity contribution is 5.78. The molecule has 2 rings (SSSR count). The molecule has 0 saturated carbocycles. The van der Waals surface area contributed by atoms with Crippen LogP contribution in [-0.4, -0.2) is 58.4 Å². The van der Waals surface area contributed by atoms with Crippen LogP contribution < -0.4 is 0 Å². The molecule has 0 radical (unpaired) electrons. The van der Waals surface area contributed by atoms with E-state index in [-0.39, 0.29) is 5.91 Å². The number of rotatable bonds is 3. The second-order valence-electron chi connectivity index (χ2n) is 4.07. The summed E-state index contributed by atoms with van der Waals surface area (Å²) in [4.78, 5) is 23.1. The number of carbonyl (C=O) groups is 1. The lowest BCUT2D eigenvalue weighted by Crippen LogP contribution is -2.48. The number of likely N-dealkylation sites (N-methyl/N-ethyl adjacent to an activating group) is 1. The van der Waals surface area contributed by atoms with Crippen LogP contribution in [0.15, 0.2) is 12.5 Å². The highest BCUT2D eigenvalue weighted by Crippen LogP contribution is 2.04. The predicted octanol–water partition coefficient (Wildman–Crippen LogP) is 0.116. The van der Waals surface area contributed by atoms with Crippen LogP contribution >= 0.6 is 0 Å². The number of nitrogens with one attached hydrogen (secondary N) is 1. The maximum atomic E-state index is 11.9. The summed E-state index contributed by atoms with van der Waals surface area (Å²) < 4.78 is 0. The first-order chi connectivity index (χ1) is 7.79. The van der Waals surface area contributed by atoms with Gasteiger partial charge in [-0.1, -0.05) is 6.92 Å². The summed E-state index contributed by atoms with van der Waals surface area (Å²) >= 11 is 0. The number of nitrogens with zero attached hydrogens (tertiary/aromatic N) is 3. The molecule has 88 valence electrons. The minimum Gasteiger partial charge on any atom is -0.348 e. The Bertz CT molecular complexity index is 328. The van der Waals surface area contributed by atoms with E-state index in [4.69, 9.17) is 0 Å². The molecule has 16 heavy (non-hydrogen) atoms. The van der Waals surface area contributed by atoms with Gasteiger partial charge in [0.2, 0.25) is 5.91 Å². The summed E-state index contributed by atoms with van der Waals surface area (Å²) in [5.74, 6) is 0.194. The van der Waals surface area contributed by atoms with Gasteiger partial charge in [-0.15, -0.1) is 0 Å². The molecule has 1 amide bonds. The second-order valence-corrected chi connectivity index (χ2v) is 4.07. The molecular formula is C11H18N4O. The van der Waals surface area contributed by atoms with Crippen molar-refractivity contribution in [2.45, 2.75) is 13.3 Å². The monoisotopic (exact) mass is 222 g/mol. The van der Waals surface area contributed by atoms with E-state index in [9.17, 15) is 4.79 Å². The van der Waals surface area contributed by atoms with Crippen molar-refractivity contribution in [1.82, 2.24) is 19.8 Å². The van der Waals surface area contributed by atoms with Crippen LogP contribution in [0.5, 0.6) is 0 Å². The smallest absolute Gasteiger partial charge is 0.228 e. The van der Waals surface area contributed by atoms with Crippen molar-refractivity contribution in [3.05, 3.63) is 18.2 Å². The maximum Gasteiger partial charge on any atom is 0.228 e. The largest absolute Gasteiger partial charge is 0.348 e. The van der Waals surface area contributed by atoms with Gasteiger partial charge in [-0.25, -0.2) is 4.98 Å². The summed E-state index contributed by atoms with van der Waals surface area (Å²) in [6.45, 7) is 6.91. The van der Waals surface area contributed by atoms with Gasteiger partial charge in [0.05, 0.1) is 12.7 Å². The Kier molecular flexibility index (Phi) is 3.56. The van der Waals surface area contributed by atoms with Gasteiger partial charge in [-0.05, 0) is 6.54 Å². The van der Waals surface area contributed by atoms with Gasteiger partial charge in [0, 0.05) is 38.1 Å². The molecule has 0 bridgehead atoms. The maximum absolute atomic E-state index is 11.9. The normalized spacial score (nSPS) is 17.7. The molecule has 1 saturated heterocycles. The molecule has 1 N–H and O–H groups in total. The number of hydrogen-bond acceptors (Lipinski definition) is 3. The van der Waals surface area contributed by atoms with Crippen molar-refractivity contribution in [2.75, 3.05) is 32.7 Å². The van der Waals surface area contributed by atoms with Crippen molar-refractivity contribution in [3.63, 3.8) is 0 Å². The number of piperazine rings is 1. The summed E-state index contributed by atoms with van der Waals surface area (Å²) in [7, 11) is 0. The number of amides is 1. The second kappa shape index (κ2) is 5.12. The molecule has 5 nitrogen and oxygen atoms in total. The molecule has 0 atom stereocenters. The van der Waals surface area contributed by atoms with Crippen molar-refractivity contribution >= 4 is 5.91 Å². The van der Waals surface area contributed by atoms with Crippen molar-refractivity contribution in [2.24, 2.45) is 0 Å². The standard InChI is InChI=1S/C11H18N4O/c1-2-14-3-5-15(6-4-14)11(16)7-10-8-12-9-13-10/h8-9H,2-7H2,1H3,(H,12,13). The Morgan fingerprint density at radius 1 is 1.44 bits per heavy atom. The van der Waals surface area contributed by atoms with E-state index >= 15 is 0 Å². The molecular weight excluding hydrogens is 204 g/mol. The average molecular weight is 222 g/mol. The number of imidazole rings is 1. The number of carbonyl (C=O) groups excluding carboxylic acids is 1. The van der Waals surface area contributed by atoms with E-state index in [1.807, 2.05) is 4.90 Å². The Balaban J connectivity index is 1.82. The minimum atomic E-state index is 0.194. The first-order valence-corrected chi connectivity index (χ1v) is 5.77. The Morgan fingerprint density at radius 3 is 2.75 bits per heavy atom. The lowest BCUT2D eigenvalue weighted by Gasteiger charge is -2.34. The fourth-order valence-corrected chi connectivity index (χ4v) is 1.97. The van der Waals surface area contributed by atoms with E-state index in [2.05, 4.69) is 21.8 Å². The molecule has 0 aliphatic carbocycles. The Morgan fingerprint density at radius 2 is 2.19 bits per heavy atom. The van der Waals surface area contributed by atoms with E-state index < -0.39 is 0 Å². The van der Waals surface area contributed by atoms with E-state index in [0.717, 1.165) is 38.4 Å². The van der Waals surface area contributed by atoms with Gasteiger partial charge >= 0.3 is 0 Å². The topological polar surface area (TPSA) is 52.2 Å². The van der Waals surface area contributed by atoms with Crippen molar-refractivity contribution in [1.29, 1.82) is 0 Å². The molecule has 1 aromatic rings. The lowest BCUT2D eigenvalue weighted by molar-refractivity contribution is -0.132. The van der Waals surface area contributed by atoms with Crippen LogP contribution in [-0.2, 0) is 11.2 Å². The lowest BCUT2D eigenvalue weighted by atomic mass is 10.2. The van der Waals surface area contributed by atoms with Gasteiger partial charge in [0.25, 0.3) is 0 Å². The molecule has 0 spiro atoms. The molecule has 1 fully saturated rings. The van der Waals surface area contributed by atoms with E-state index in [0.29, 0.717) is 6.42 Å². The Hall–Kier alpha value is -1.36. The van der Waals surface area contributed by atoms with E-state index in [1.54, 1.807) is 12.5 Å². The molecule has 0 aromatic carbocycles. The SMILES string of the molecule is CCN1CCN(C(=O)Cc2cnc[nH]2)CC1. The van der Waals surface area contributed by atoms with Gasteiger partial charge in [-0.2, -0.15) is 0 Å². The van der Waals surface area contributed by atoms with Gasteiger partial charge in [-0.3, -0.25) is 4.79 Å². The van der Waals surface area contributed by atoms with Crippen LogP contribution in [0, 0.1) is 0 Å². The van der Waals surface area contributed by atoms with Crippen molar-refractivity contribution in [3.8, 4) is 0 Å². The third-order valence-electron chi connectivity index (χ3n) is 3.07. The fourth-order valence-electron chi connectivity index (χ4n) is 1.97. The molecule has 1 aliphatic rings. The first-order valence-electron chi connectivity index (χ1n) is 5.77. The van der Waals surface area contributed by atoms with E-state index in [1.165, 1.54) is 0 Å². The highest BCUT2D eigenvalue weighted by Gasteiger charge is 2.20. The van der Waals surface area contributed by atoms with Gasteiger partial charge in [0.15, 0.2) is 0 Å². The van der Waals surface area contributed by atoms with Gasteiger partial charge in [0.1, 0.15) is 0 Å². The van der Waals surface area contributed by atoms with Crippen LogP contribution in [0.25, 0.3) is 0 Å². The van der Waals surface area contributed by atoms with Crippen LogP contribution in [0.2, 0.25) is 0 Å². The highest BCUT2D eigenvalue weighted by atomic mass is 16.2. The number of aromatic amines is 1. The molecule has 5 heteroatoms. The quantitative estimate of drug-likeness (QED) is 0.790. The summed E-state index contributed by atoms with van der Waals surface area (Å²) in [5, 5.41) is 0. The molecule has 1 aliphatic heterocycles. The average Bonchev–Trinajstić information content (AvgIpc) is 2.82. The molecule has 1 aromatic heterocycles. The summed E-state index contributed by atoms with van der Waals surface area (Å²) in [6.07, 6.45) is 3.75. The summed E-state index contributed by atoms with van der Waals surface area (Å²) in [6, 6.07) is 0. The zero-order valence-electron chi connectivity index (χ0n) is 9.65. The van der Waals surface area contributed by atoms with Crippen LogP contribution in [0.3, 0.4) is 0 Å². The van der Waals surface area contributed by atoms with Crippen LogP contribution in [0.4, 0.5) is 0 Å². The molecule has 2 heterocycles. The third-order valence-corrected chi connectivity index (χ3v) is 3.07. The fraction of sp³-hybridized carbons (Fsp3) is 0.636. The minimum absolute atomic E-state index is 0.194. The van der Waals surface area contributed by atoms with Gasteiger partial charge < -0.3 is 14.8 Å². The number of H-pyrrole nitrogens is 1. The first kappa shape index (κ1) is 11.1. The third kappa shape index (κ3) is 2.61. The number of aromatic nitrogens is 2. The van der Waals surface area contributed by atoms with Crippen molar-refractivity contribution < 1.29 is 4.79 Å². The number of hydrogen-bond donors (Lipinski definition) is 1. The Labute approximate surface area is 95.5 Å². The van der Waals surface area contributed by atoms with Crippen LogP contribution in [0.1, 0.15) is 12.6 Å². The molecule has 0 unspecified atom stereocenters. The zero-order chi connectivity index (χ0) is 11.4. The summed E-state index contributed by atoms with van der Waals surface area (Å²) in [5.41, 5.74) is 0.892. The predicted molar refractivity (Wildman–Crippen MR) is 61.0 cm³/mol. The zero-order valence-corrected chi connectivity index (χ0v) is 9.65.